The van der Waals surface area contributed by atoms with Gasteiger partial charge >= 0.3 is 0 Å². The van der Waals surface area contributed by atoms with E-state index >= 15 is 0 Å². The fourth-order valence-corrected chi connectivity index (χ4v) is 7.24. The van der Waals surface area contributed by atoms with Crippen molar-refractivity contribution in [3.8, 4) is 5.75 Å². The van der Waals surface area contributed by atoms with Gasteiger partial charge in [-0.3, -0.25) is 24.0 Å². The number of anilines is 1. The first-order valence-electron chi connectivity index (χ1n) is 24.9. The van der Waals surface area contributed by atoms with Crippen LogP contribution in [-0.4, -0.2) is 123 Å². The molecule has 0 aliphatic carbocycles. The van der Waals surface area contributed by atoms with Crippen LogP contribution in [0.25, 0.3) is 0 Å². The highest BCUT2D eigenvalue weighted by molar-refractivity contribution is 7.79. The highest BCUT2D eigenvalue weighted by Crippen LogP contribution is 2.32. The number of unbranched alkanes of at least 4 members (excludes halogenated alkanes) is 2. The Balaban J connectivity index is 0.00000189. The second-order valence-electron chi connectivity index (χ2n) is 17.3. The number of hydrogen-bond donors (Lipinski definition) is 7. The Morgan fingerprint density at radius 1 is 0.851 bits per heavy atom. The second-order valence-corrected chi connectivity index (χ2v) is 18.0. The van der Waals surface area contributed by atoms with Crippen molar-refractivity contribution in [2.45, 2.75) is 84.9 Å². The molecule has 3 unspecified atom stereocenters. The summed E-state index contributed by atoms with van der Waals surface area (Å²) in [7, 11) is 1.46. The molecule has 1 saturated heterocycles. The fourth-order valence-electron chi connectivity index (χ4n) is 6.85. The Kier molecular flexibility index (Phi) is 39.9. The molecular weight excluding hydrogens is 991 g/mol. The number of nitrogens with one attached hydrogen (secondary N) is 5. The molecular formula is C55H84ClFN6O10S. The van der Waals surface area contributed by atoms with Gasteiger partial charge in [-0.25, -0.2) is 4.39 Å². The predicted molar refractivity (Wildman–Crippen MR) is 298 cm³/mol. The lowest BCUT2D eigenvalue weighted by Gasteiger charge is -2.30. The maximum absolute atomic E-state index is 13.7. The Hall–Kier alpha value is -5.34. The lowest BCUT2D eigenvalue weighted by Crippen LogP contribution is -2.54. The molecule has 0 bridgehead atoms. The molecule has 19 heteroatoms. The molecule has 4 rings (SSSR count). The number of aryl methyl sites for hydroxylation is 1. The number of carbonyl (C=O) groups excluding carboxylic acids is 5. The van der Waals surface area contributed by atoms with Crippen molar-refractivity contribution in [1.82, 2.24) is 21.3 Å². The Labute approximate surface area is 450 Å². The van der Waals surface area contributed by atoms with E-state index in [1.165, 1.54) is 18.2 Å². The summed E-state index contributed by atoms with van der Waals surface area (Å²) in [6.07, 6.45) is 7.98. The summed E-state index contributed by atoms with van der Waals surface area (Å²) in [6.45, 7) is 23.4. The van der Waals surface area contributed by atoms with Gasteiger partial charge in [-0.05, 0) is 78.1 Å². The molecule has 414 valence electrons. The standard InChI is InChI=1S/C37H56N4O9S.C11H13ClFN.C4H6.C2H6.CH3NO/c1-37(2,3)34(36(45)38-15-7-5-6-8-28-9-11-29(26-51)12-10-28)41-33(43)25-50-23-22-49-21-20-48-19-18-47-17-16-39-35(44)30-13-14-31(40-27-42)32(24-30)46-4;1-7-5-14-6-9(7)8-3-2-4-10(12)11(8)13;1-3-4-2;1-2;2-1-3/h9-14,24,27,34,51H,5-8,15-23,25-26H2,1-4H3,(H,38,45)(H,39,44)(H,40,42)(H,41,43);2-4,7,9,14H,5-6H2,1H3;3-4H,1-2H2;1-2H3;1H,(H2,2,3). The normalized spacial score (nSPS) is 13.7. The van der Waals surface area contributed by atoms with Crippen LogP contribution in [0.1, 0.15) is 93.8 Å². The van der Waals surface area contributed by atoms with Crippen LogP contribution in [0.3, 0.4) is 0 Å². The Morgan fingerprint density at radius 2 is 1.45 bits per heavy atom. The first kappa shape index (κ1) is 68.7. The maximum Gasteiger partial charge on any atom is 0.251 e. The van der Waals surface area contributed by atoms with Crippen molar-refractivity contribution in [3.63, 3.8) is 0 Å². The summed E-state index contributed by atoms with van der Waals surface area (Å²) in [5, 5.41) is 14.5. The summed E-state index contributed by atoms with van der Waals surface area (Å²) in [6, 6.07) is 17.8. The Morgan fingerprint density at radius 3 is 1.99 bits per heavy atom. The van der Waals surface area contributed by atoms with Gasteiger partial charge < -0.3 is 56.0 Å². The molecule has 1 fully saturated rings. The van der Waals surface area contributed by atoms with Crippen molar-refractivity contribution < 1.29 is 52.0 Å². The van der Waals surface area contributed by atoms with E-state index in [0.29, 0.717) is 82.1 Å². The molecule has 7 N–H and O–H groups in total. The number of hydrogen-bond acceptors (Lipinski definition) is 12. The van der Waals surface area contributed by atoms with E-state index in [0.717, 1.165) is 50.1 Å². The van der Waals surface area contributed by atoms with E-state index in [4.69, 9.17) is 40.1 Å². The number of methoxy groups -OCH3 is 1. The van der Waals surface area contributed by atoms with Gasteiger partial charge in [-0.2, -0.15) is 12.6 Å². The number of rotatable bonds is 29. The number of nitrogens with two attached hydrogens (primary N) is 1. The third-order valence-corrected chi connectivity index (χ3v) is 11.4. The molecule has 1 aliphatic heterocycles. The molecule has 3 atom stereocenters. The van der Waals surface area contributed by atoms with Crippen molar-refractivity contribution in [2.24, 2.45) is 17.1 Å². The van der Waals surface area contributed by atoms with Crippen LogP contribution in [0.5, 0.6) is 5.75 Å². The third kappa shape index (κ3) is 30.1. The summed E-state index contributed by atoms with van der Waals surface area (Å²) in [4.78, 5) is 57.0. The maximum atomic E-state index is 13.7. The van der Waals surface area contributed by atoms with Gasteiger partial charge in [0.05, 0.1) is 64.1 Å². The summed E-state index contributed by atoms with van der Waals surface area (Å²) >= 11 is 10.0. The minimum atomic E-state index is -0.684. The van der Waals surface area contributed by atoms with Crippen LogP contribution < -0.4 is 37.1 Å². The monoisotopic (exact) mass is 1070 g/mol. The number of carbonyl (C=O) groups is 5. The number of allylic oxidation sites excluding steroid dienone is 2. The zero-order valence-corrected chi connectivity index (χ0v) is 46.3. The van der Waals surface area contributed by atoms with Crippen LogP contribution in [0.4, 0.5) is 10.1 Å². The van der Waals surface area contributed by atoms with Crippen molar-refractivity contribution in [1.29, 1.82) is 0 Å². The van der Waals surface area contributed by atoms with Gasteiger partial charge in [0.2, 0.25) is 24.6 Å². The van der Waals surface area contributed by atoms with Crippen LogP contribution in [-0.2, 0) is 50.3 Å². The molecule has 74 heavy (non-hydrogen) atoms. The minimum Gasteiger partial charge on any atom is -0.495 e. The quantitative estimate of drug-likeness (QED) is 0.0154. The van der Waals surface area contributed by atoms with Gasteiger partial charge in [-0.15, -0.1) is 0 Å². The van der Waals surface area contributed by atoms with E-state index in [9.17, 15) is 23.6 Å². The van der Waals surface area contributed by atoms with Crippen molar-refractivity contribution >= 4 is 60.5 Å². The SMILES string of the molecule is C=CC=C.CC.CC1CNCC1c1cccc(Cl)c1F.COc1cc(C(=O)NCCOCCOCCOCCOCC(=O)NC(C(=O)NCCCCCc2ccc(CS)cc2)C(C)(C)C)ccc1NC=O.NC=O. The molecule has 0 aromatic heterocycles. The van der Waals surface area contributed by atoms with E-state index in [1.807, 2.05) is 46.8 Å². The second kappa shape index (κ2) is 43.0. The average Bonchev–Trinajstić information content (AvgIpc) is 3.83. The molecule has 16 nitrogen and oxygen atoms in total. The number of primary amides is 1. The first-order valence-corrected chi connectivity index (χ1v) is 25.9. The average molecular weight is 1080 g/mol. The molecule has 0 radical (unpaired) electrons. The van der Waals surface area contributed by atoms with Gasteiger partial charge in [0, 0.05) is 36.9 Å². The number of ether oxygens (including phenoxy) is 5. The Bertz CT molecular complexity index is 2040. The molecule has 3 aromatic carbocycles. The highest BCUT2D eigenvalue weighted by Gasteiger charge is 2.32. The van der Waals surface area contributed by atoms with E-state index in [-0.39, 0.29) is 54.1 Å². The molecule has 5 amide bonds. The smallest absolute Gasteiger partial charge is 0.251 e. The zero-order chi connectivity index (χ0) is 55.6. The molecule has 1 heterocycles. The highest BCUT2D eigenvalue weighted by atomic mass is 35.5. The topological polar surface area (TPSA) is 218 Å². The molecule has 3 aromatic rings. The minimum absolute atomic E-state index is 0.175. The number of halogens is 2. The summed E-state index contributed by atoms with van der Waals surface area (Å²) in [5.74, 6) is 0.751. The van der Waals surface area contributed by atoms with Crippen LogP contribution in [0, 0.1) is 17.2 Å². The van der Waals surface area contributed by atoms with Crippen LogP contribution in [0.2, 0.25) is 5.02 Å². The van der Waals surface area contributed by atoms with Gasteiger partial charge in [0.25, 0.3) is 5.91 Å². The predicted octanol–water partition coefficient (Wildman–Crippen LogP) is 7.84. The fraction of sp³-hybridized carbons (Fsp3) is 0.509. The van der Waals surface area contributed by atoms with Gasteiger partial charge in [-0.1, -0.05) is 121 Å². The largest absolute Gasteiger partial charge is 0.495 e. The molecule has 0 saturated carbocycles. The van der Waals surface area contributed by atoms with E-state index in [2.05, 4.69) is 89.3 Å². The third-order valence-electron chi connectivity index (χ3n) is 10.7. The summed E-state index contributed by atoms with van der Waals surface area (Å²) in [5.41, 5.74) is 7.83. The van der Waals surface area contributed by atoms with Crippen molar-refractivity contribution in [2.75, 3.05) is 91.5 Å². The zero-order valence-electron chi connectivity index (χ0n) is 44.6. The van der Waals surface area contributed by atoms with E-state index < -0.39 is 11.5 Å². The molecule has 1 aliphatic rings. The lowest BCUT2D eigenvalue weighted by atomic mass is 9.86. The van der Waals surface area contributed by atoms with Gasteiger partial charge in [0.1, 0.15) is 24.2 Å². The molecule has 0 spiro atoms. The first-order chi connectivity index (χ1) is 35.6. The number of benzene rings is 3. The van der Waals surface area contributed by atoms with Crippen LogP contribution >= 0.6 is 24.2 Å². The number of amides is 5. The van der Waals surface area contributed by atoms with Gasteiger partial charge in [0.15, 0.2) is 0 Å². The van der Waals surface area contributed by atoms with E-state index in [1.54, 1.807) is 36.4 Å². The lowest BCUT2D eigenvalue weighted by molar-refractivity contribution is -0.134. The van der Waals surface area contributed by atoms with Crippen molar-refractivity contribution in [3.05, 3.63) is 119 Å². The summed E-state index contributed by atoms with van der Waals surface area (Å²) < 4.78 is 40.7. The van der Waals surface area contributed by atoms with Crippen LogP contribution in [0.15, 0.2) is 86.0 Å². The number of thiol groups is 1.